The van der Waals surface area contributed by atoms with Crippen LogP contribution < -0.4 is 4.74 Å². The molecule has 1 unspecified atom stereocenters. The summed E-state index contributed by atoms with van der Waals surface area (Å²) in [5.74, 6) is 1.03. The van der Waals surface area contributed by atoms with Gasteiger partial charge in [0, 0.05) is 25.5 Å². The van der Waals surface area contributed by atoms with E-state index in [1.807, 2.05) is 32.6 Å². The number of aryl methyl sites for hydroxylation is 1. The third-order valence-electron chi connectivity index (χ3n) is 3.77. The van der Waals surface area contributed by atoms with Gasteiger partial charge in [0.05, 0.1) is 12.3 Å². The van der Waals surface area contributed by atoms with Gasteiger partial charge in [-0.1, -0.05) is 0 Å². The van der Waals surface area contributed by atoms with Crippen LogP contribution in [-0.4, -0.2) is 46.3 Å². The Labute approximate surface area is 138 Å². The summed E-state index contributed by atoms with van der Waals surface area (Å²) in [6.07, 6.45) is 6.09. The molecule has 1 aliphatic rings. The standard InChI is InChI=1S/C17H27N3O3/c1-13-15(19-9-8-18-13)22-11-7-14-6-5-10-20(12-14)16(21)23-17(2,3)4/h8-9,14H,5-7,10-12H2,1-4H3. The van der Waals surface area contributed by atoms with Crippen molar-refractivity contribution in [1.82, 2.24) is 14.9 Å². The summed E-state index contributed by atoms with van der Waals surface area (Å²) in [4.78, 5) is 22.3. The Bertz CT molecular complexity index is 528. The van der Waals surface area contributed by atoms with E-state index < -0.39 is 5.60 Å². The molecule has 0 bridgehead atoms. The second kappa shape index (κ2) is 7.62. The number of nitrogens with zero attached hydrogens (tertiary/aromatic N) is 3. The van der Waals surface area contributed by atoms with Crippen LogP contribution in [-0.2, 0) is 4.74 Å². The number of amides is 1. The van der Waals surface area contributed by atoms with E-state index >= 15 is 0 Å². The normalized spacial score (nSPS) is 18.6. The van der Waals surface area contributed by atoms with Crippen LogP contribution >= 0.6 is 0 Å². The fourth-order valence-electron chi connectivity index (χ4n) is 2.65. The van der Waals surface area contributed by atoms with Crippen molar-refractivity contribution in [3.05, 3.63) is 18.1 Å². The minimum Gasteiger partial charge on any atom is -0.476 e. The number of aromatic nitrogens is 2. The summed E-state index contributed by atoms with van der Waals surface area (Å²) in [5, 5.41) is 0. The number of carbonyl (C=O) groups excluding carboxylic acids is 1. The van der Waals surface area contributed by atoms with E-state index in [9.17, 15) is 4.79 Å². The van der Waals surface area contributed by atoms with Crippen LogP contribution in [0.3, 0.4) is 0 Å². The van der Waals surface area contributed by atoms with Gasteiger partial charge >= 0.3 is 6.09 Å². The topological polar surface area (TPSA) is 64.6 Å². The first-order valence-corrected chi connectivity index (χ1v) is 8.23. The molecule has 1 aromatic rings. The van der Waals surface area contributed by atoms with Gasteiger partial charge in [-0.05, 0) is 52.9 Å². The van der Waals surface area contributed by atoms with Gasteiger partial charge in [0.2, 0.25) is 5.88 Å². The van der Waals surface area contributed by atoms with Crippen LogP contribution in [0, 0.1) is 12.8 Å². The zero-order valence-electron chi connectivity index (χ0n) is 14.5. The van der Waals surface area contributed by atoms with Gasteiger partial charge < -0.3 is 14.4 Å². The molecule has 1 saturated heterocycles. The molecule has 2 rings (SSSR count). The smallest absolute Gasteiger partial charge is 0.410 e. The number of hydrogen-bond donors (Lipinski definition) is 0. The van der Waals surface area contributed by atoms with Crippen molar-refractivity contribution in [2.24, 2.45) is 5.92 Å². The van der Waals surface area contributed by atoms with Crippen LogP contribution in [0.15, 0.2) is 12.4 Å². The second-order valence-electron chi connectivity index (χ2n) is 7.02. The van der Waals surface area contributed by atoms with E-state index in [0.29, 0.717) is 18.4 Å². The first-order valence-electron chi connectivity index (χ1n) is 8.23. The quantitative estimate of drug-likeness (QED) is 0.852. The fourth-order valence-corrected chi connectivity index (χ4v) is 2.65. The number of likely N-dealkylation sites (tertiary alicyclic amines) is 1. The lowest BCUT2D eigenvalue weighted by molar-refractivity contribution is 0.0154. The Kier molecular flexibility index (Phi) is 5.80. The maximum Gasteiger partial charge on any atom is 0.410 e. The summed E-state index contributed by atoms with van der Waals surface area (Å²) in [7, 11) is 0. The summed E-state index contributed by atoms with van der Waals surface area (Å²) >= 11 is 0. The maximum atomic E-state index is 12.2. The van der Waals surface area contributed by atoms with Crippen molar-refractivity contribution in [3.8, 4) is 5.88 Å². The highest BCUT2D eigenvalue weighted by atomic mass is 16.6. The number of piperidine rings is 1. The lowest BCUT2D eigenvalue weighted by Crippen LogP contribution is -2.43. The first kappa shape index (κ1) is 17.5. The van der Waals surface area contributed by atoms with Crippen LogP contribution in [0.25, 0.3) is 0 Å². The number of hydrogen-bond acceptors (Lipinski definition) is 5. The Hall–Kier alpha value is -1.85. The zero-order valence-corrected chi connectivity index (χ0v) is 14.5. The van der Waals surface area contributed by atoms with Gasteiger partial charge in [-0.3, -0.25) is 4.98 Å². The third-order valence-corrected chi connectivity index (χ3v) is 3.77. The number of carbonyl (C=O) groups is 1. The average molecular weight is 321 g/mol. The molecule has 0 N–H and O–H groups in total. The molecule has 0 saturated carbocycles. The van der Waals surface area contributed by atoms with Gasteiger partial charge in [0.15, 0.2) is 0 Å². The van der Waals surface area contributed by atoms with Crippen molar-refractivity contribution >= 4 is 6.09 Å². The van der Waals surface area contributed by atoms with Crippen molar-refractivity contribution in [2.75, 3.05) is 19.7 Å². The average Bonchev–Trinajstić information content (AvgIpc) is 2.48. The van der Waals surface area contributed by atoms with Crippen molar-refractivity contribution in [1.29, 1.82) is 0 Å². The number of ether oxygens (including phenoxy) is 2. The molecular formula is C17H27N3O3. The zero-order chi connectivity index (χ0) is 16.9. The van der Waals surface area contributed by atoms with E-state index in [1.54, 1.807) is 12.4 Å². The Morgan fingerprint density at radius 1 is 1.35 bits per heavy atom. The van der Waals surface area contributed by atoms with Crippen LogP contribution in [0.2, 0.25) is 0 Å². The molecule has 1 aliphatic heterocycles. The molecule has 2 heterocycles. The molecule has 0 spiro atoms. The Morgan fingerprint density at radius 2 is 2.09 bits per heavy atom. The SMILES string of the molecule is Cc1nccnc1OCCC1CCCN(C(=O)OC(C)(C)C)C1. The molecule has 1 aromatic heterocycles. The molecule has 0 aliphatic carbocycles. The van der Waals surface area contributed by atoms with Gasteiger partial charge in [0.1, 0.15) is 5.60 Å². The van der Waals surface area contributed by atoms with Crippen molar-refractivity contribution < 1.29 is 14.3 Å². The summed E-state index contributed by atoms with van der Waals surface area (Å²) in [5.41, 5.74) is 0.350. The van der Waals surface area contributed by atoms with Crippen molar-refractivity contribution in [2.45, 2.75) is 52.6 Å². The van der Waals surface area contributed by atoms with Crippen LogP contribution in [0.1, 0.15) is 45.7 Å². The molecule has 6 heteroatoms. The summed E-state index contributed by atoms with van der Waals surface area (Å²) in [6, 6.07) is 0. The molecule has 23 heavy (non-hydrogen) atoms. The van der Waals surface area contributed by atoms with E-state index in [-0.39, 0.29) is 6.09 Å². The highest BCUT2D eigenvalue weighted by Gasteiger charge is 2.27. The van der Waals surface area contributed by atoms with Gasteiger partial charge in [-0.25, -0.2) is 9.78 Å². The largest absolute Gasteiger partial charge is 0.476 e. The maximum absolute atomic E-state index is 12.2. The summed E-state index contributed by atoms with van der Waals surface area (Å²) in [6.45, 7) is 9.66. The minimum absolute atomic E-state index is 0.215. The van der Waals surface area contributed by atoms with E-state index in [4.69, 9.17) is 9.47 Å². The predicted octanol–water partition coefficient (Wildman–Crippen LogP) is 3.20. The number of rotatable bonds is 4. The van der Waals surface area contributed by atoms with Crippen LogP contribution in [0.5, 0.6) is 5.88 Å². The predicted molar refractivity (Wildman–Crippen MR) is 87.4 cm³/mol. The van der Waals surface area contributed by atoms with Crippen molar-refractivity contribution in [3.63, 3.8) is 0 Å². The lowest BCUT2D eigenvalue weighted by Gasteiger charge is -2.34. The second-order valence-corrected chi connectivity index (χ2v) is 7.02. The third kappa shape index (κ3) is 5.69. The molecule has 0 radical (unpaired) electrons. The van der Waals surface area contributed by atoms with Gasteiger partial charge in [-0.15, -0.1) is 0 Å². The van der Waals surface area contributed by atoms with Gasteiger partial charge in [-0.2, -0.15) is 0 Å². The van der Waals surface area contributed by atoms with E-state index in [1.165, 1.54) is 0 Å². The highest BCUT2D eigenvalue weighted by molar-refractivity contribution is 5.68. The fraction of sp³-hybridized carbons (Fsp3) is 0.706. The molecule has 1 amide bonds. The molecular weight excluding hydrogens is 294 g/mol. The van der Waals surface area contributed by atoms with Gasteiger partial charge in [0.25, 0.3) is 0 Å². The Balaban J connectivity index is 1.78. The first-order chi connectivity index (χ1) is 10.8. The molecule has 6 nitrogen and oxygen atoms in total. The van der Waals surface area contributed by atoms with E-state index in [0.717, 1.165) is 38.0 Å². The Morgan fingerprint density at radius 3 is 2.78 bits per heavy atom. The van der Waals surface area contributed by atoms with Crippen LogP contribution in [0.4, 0.5) is 4.79 Å². The monoisotopic (exact) mass is 321 g/mol. The molecule has 1 fully saturated rings. The summed E-state index contributed by atoms with van der Waals surface area (Å²) < 4.78 is 11.2. The molecule has 1 atom stereocenters. The van der Waals surface area contributed by atoms with E-state index in [2.05, 4.69) is 9.97 Å². The highest BCUT2D eigenvalue weighted by Crippen LogP contribution is 2.22. The molecule has 128 valence electrons. The minimum atomic E-state index is -0.448. The molecule has 0 aromatic carbocycles. The lowest BCUT2D eigenvalue weighted by atomic mass is 9.95.